The average Bonchev–Trinajstić information content (AvgIpc) is 2.86. The van der Waals surface area contributed by atoms with Crippen LogP contribution in [0.15, 0.2) is 4.42 Å². The minimum Gasteiger partial charge on any atom is -0.480 e. The highest BCUT2D eigenvalue weighted by Crippen LogP contribution is 2.60. The third-order valence-corrected chi connectivity index (χ3v) is 5.41. The number of rotatable bonds is 5. The molecule has 0 aromatic carbocycles. The van der Waals surface area contributed by atoms with Crippen LogP contribution in [0, 0.1) is 17.8 Å². The van der Waals surface area contributed by atoms with Gasteiger partial charge in [-0.1, -0.05) is 0 Å². The van der Waals surface area contributed by atoms with Gasteiger partial charge < -0.3 is 14.3 Å². The normalized spacial score (nSPS) is 37.0. The molecule has 0 atom stereocenters. The fourth-order valence-electron chi connectivity index (χ4n) is 5.12. The van der Waals surface area contributed by atoms with Crippen molar-refractivity contribution < 1.29 is 19.1 Å². The van der Waals surface area contributed by atoms with Crippen LogP contribution >= 0.6 is 0 Å². The Balaban J connectivity index is 1.49. The average molecular weight is 292 g/mol. The van der Waals surface area contributed by atoms with Crippen LogP contribution in [0.4, 0.5) is 0 Å². The zero-order valence-electron chi connectivity index (χ0n) is 12.0. The standard InChI is InChI=1S/C15H20N2O4/c18-13(19)8-20-7-12-16-17-14(21-12)15-4-9-1-10(5-15)3-11(2-9)6-15/h9-11H,1-8H2,(H,18,19). The fourth-order valence-corrected chi connectivity index (χ4v) is 5.12. The van der Waals surface area contributed by atoms with Crippen LogP contribution in [0.25, 0.3) is 0 Å². The lowest BCUT2D eigenvalue weighted by atomic mass is 9.49. The minimum absolute atomic E-state index is 0.0751. The van der Waals surface area contributed by atoms with Crippen molar-refractivity contribution >= 4 is 5.97 Å². The summed E-state index contributed by atoms with van der Waals surface area (Å²) in [6, 6.07) is 0. The van der Waals surface area contributed by atoms with Crippen molar-refractivity contribution in [3.05, 3.63) is 11.8 Å². The Hall–Kier alpha value is -1.43. The molecule has 0 radical (unpaired) electrons. The van der Waals surface area contributed by atoms with Crippen molar-refractivity contribution in [2.45, 2.75) is 50.5 Å². The maximum Gasteiger partial charge on any atom is 0.329 e. The number of nitrogens with zero attached hydrogens (tertiary/aromatic N) is 2. The summed E-state index contributed by atoms with van der Waals surface area (Å²) in [6.07, 6.45) is 7.66. The highest BCUT2D eigenvalue weighted by Gasteiger charge is 2.54. The Morgan fingerprint density at radius 2 is 1.81 bits per heavy atom. The zero-order valence-corrected chi connectivity index (χ0v) is 12.0. The summed E-state index contributed by atoms with van der Waals surface area (Å²) in [5.74, 6) is 2.65. The van der Waals surface area contributed by atoms with Gasteiger partial charge in [0.25, 0.3) is 0 Å². The van der Waals surface area contributed by atoms with E-state index in [2.05, 4.69) is 10.2 Å². The smallest absolute Gasteiger partial charge is 0.329 e. The van der Waals surface area contributed by atoms with Crippen molar-refractivity contribution in [1.82, 2.24) is 10.2 Å². The van der Waals surface area contributed by atoms with Crippen LogP contribution in [0.1, 0.15) is 50.3 Å². The van der Waals surface area contributed by atoms with Gasteiger partial charge in [-0.2, -0.15) is 0 Å². The molecule has 0 aliphatic heterocycles. The van der Waals surface area contributed by atoms with Gasteiger partial charge in [0.05, 0.1) is 0 Å². The molecule has 0 unspecified atom stereocenters. The molecule has 1 aromatic heterocycles. The Morgan fingerprint density at radius 1 is 1.19 bits per heavy atom. The van der Waals surface area contributed by atoms with Crippen molar-refractivity contribution in [2.75, 3.05) is 6.61 Å². The molecule has 1 heterocycles. The molecule has 6 heteroatoms. The van der Waals surface area contributed by atoms with E-state index in [4.69, 9.17) is 14.3 Å². The molecule has 0 amide bonds. The Labute approximate surface area is 122 Å². The van der Waals surface area contributed by atoms with E-state index in [-0.39, 0.29) is 18.6 Å². The van der Waals surface area contributed by atoms with Gasteiger partial charge in [0.1, 0.15) is 13.2 Å². The number of carboxylic acid groups (broad SMARTS) is 1. The molecule has 4 saturated carbocycles. The second-order valence-corrected chi connectivity index (χ2v) is 7.09. The molecule has 6 nitrogen and oxygen atoms in total. The van der Waals surface area contributed by atoms with Gasteiger partial charge in [0.15, 0.2) is 0 Å². The third-order valence-electron chi connectivity index (χ3n) is 5.41. The summed E-state index contributed by atoms with van der Waals surface area (Å²) in [5.41, 5.74) is 0.0901. The van der Waals surface area contributed by atoms with E-state index in [1.807, 2.05) is 0 Å². The van der Waals surface area contributed by atoms with Crippen molar-refractivity contribution in [3.8, 4) is 0 Å². The molecule has 4 bridgehead atoms. The van der Waals surface area contributed by atoms with E-state index >= 15 is 0 Å². The van der Waals surface area contributed by atoms with E-state index in [0.717, 1.165) is 23.6 Å². The van der Waals surface area contributed by atoms with Gasteiger partial charge in [-0.05, 0) is 56.3 Å². The first-order valence-corrected chi connectivity index (χ1v) is 7.75. The van der Waals surface area contributed by atoms with Crippen LogP contribution in [0.2, 0.25) is 0 Å². The molecular formula is C15H20N2O4. The van der Waals surface area contributed by atoms with E-state index in [0.29, 0.717) is 5.89 Å². The molecule has 4 aliphatic carbocycles. The van der Waals surface area contributed by atoms with Crippen molar-refractivity contribution in [1.29, 1.82) is 0 Å². The third kappa shape index (κ3) is 2.35. The summed E-state index contributed by atoms with van der Waals surface area (Å²) in [7, 11) is 0. The lowest BCUT2D eigenvalue weighted by Gasteiger charge is -2.55. The van der Waals surface area contributed by atoms with Crippen LogP contribution in [-0.4, -0.2) is 27.9 Å². The van der Waals surface area contributed by atoms with Crippen LogP contribution in [0.5, 0.6) is 0 Å². The first-order valence-electron chi connectivity index (χ1n) is 7.75. The lowest BCUT2D eigenvalue weighted by Crippen LogP contribution is -2.48. The molecule has 0 spiro atoms. The molecule has 4 fully saturated rings. The highest BCUT2D eigenvalue weighted by molar-refractivity contribution is 5.67. The van der Waals surface area contributed by atoms with Gasteiger partial charge in [-0.25, -0.2) is 4.79 Å². The molecular weight excluding hydrogens is 272 g/mol. The monoisotopic (exact) mass is 292 g/mol. The van der Waals surface area contributed by atoms with Gasteiger partial charge in [-0.3, -0.25) is 0 Å². The molecule has 0 saturated heterocycles. The number of carboxylic acids is 1. The number of hydrogen-bond donors (Lipinski definition) is 1. The van der Waals surface area contributed by atoms with E-state index in [1.165, 1.54) is 38.5 Å². The Kier molecular flexibility index (Phi) is 3.03. The minimum atomic E-state index is -0.990. The van der Waals surface area contributed by atoms with Crippen molar-refractivity contribution in [3.63, 3.8) is 0 Å². The number of ether oxygens (including phenoxy) is 1. The summed E-state index contributed by atoms with van der Waals surface area (Å²) in [4.78, 5) is 10.4. The van der Waals surface area contributed by atoms with Gasteiger partial charge in [-0.15, -0.1) is 10.2 Å². The molecule has 1 N–H and O–H groups in total. The van der Waals surface area contributed by atoms with Crippen LogP contribution < -0.4 is 0 Å². The molecule has 21 heavy (non-hydrogen) atoms. The quantitative estimate of drug-likeness (QED) is 0.895. The molecule has 1 aromatic rings. The van der Waals surface area contributed by atoms with Crippen LogP contribution in [-0.2, 0) is 21.6 Å². The summed E-state index contributed by atoms with van der Waals surface area (Å²) in [5, 5.41) is 16.9. The van der Waals surface area contributed by atoms with Gasteiger partial charge in [0, 0.05) is 5.41 Å². The lowest BCUT2D eigenvalue weighted by molar-refractivity contribution is -0.142. The second-order valence-electron chi connectivity index (χ2n) is 7.09. The van der Waals surface area contributed by atoms with Gasteiger partial charge in [0.2, 0.25) is 11.8 Å². The molecule has 114 valence electrons. The maximum absolute atomic E-state index is 10.4. The fraction of sp³-hybridized carbons (Fsp3) is 0.800. The number of aliphatic carboxylic acids is 1. The Morgan fingerprint density at radius 3 is 2.38 bits per heavy atom. The Bertz CT molecular complexity index is 518. The van der Waals surface area contributed by atoms with Crippen LogP contribution in [0.3, 0.4) is 0 Å². The molecule has 4 aliphatic rings. The number of hydrogen-bond acceptors (Lipinski definition) is 5. The summed E-state index contributed by atoms with van der Waals surface area (Å²) >= 11 is 0. The predicted octanol–water partition coefficient (Wildman–Crippen LogP) is 2.14. The highest BCUT2D eigenvalue weighted by atomic mass is 16.5. The maximum atomic E-state index is 10.4. The molecule has 5 rings (SSSR count). The van der Waals surface area contributed by atoms with E-state index in [1.54, 1.807) is 0 Å². The topological polar surface area (TPSA) is 85.5 Å². The van der Waals surface area contributed by atoms with Gasteiger partial charge >= 0.3 is 5.97 Å². The first-order chi connectivity index (χ1) is 10.1. The predicted molar refractivity (Wildman–Crippen MR) is 71.4 cm³/mol. The van der Waals surface area contributed by atoms with E-state index < -0.39 is 5.97 Å². The summed E-state index contributed by atoms with van der Waals surface area (Å²) < 4.78 is 10.8. The SMILES string of the molecule is O=C(O)COCc1nnc(C23CC4CC(CC(C4)C2)C3)o1. The number of aromatic nitrogens is 2. The first kappa shape index (κ1) is 13.2. The van der Waals surface area contributed by atoms with Crippen molar-refractivity contribution in [2.24, 2.45) is 17.8 Å². The zero-order chi connectivity index (χ0) is 14.4. The largest absolute Gasteiger partial charge is 0.480 e. The summed E-state index contributed by atoms with van der Waals surface area (Å²) in [6.45, 7) is -0.263. The second kappa shape index (κ2) is 4.80. The van der Waals surface area contributed by atoms with E-state index in [9.17, 15) is 4.79 Å². The number of carbonyl (C=O) groups is 1.